The molecule has 1 aliphatic heterocycles. The first kappa shape index (κ1) is 19.1. The van der Waals surface area contributed by atoms with Crippen LogP contribution in [0.3, 0.4) is 0 Å². The summed E-state index contributed by atoms with van der Waals surface area (Å²) in [5.74, 6) is 0.693. The summed E-state index contributed by atoms with van der Waals surface area (Å²) in [7, 11) is 1.63. The van der Waals surface area contributed by atoms with Crippen molar-refractivity contribution in [2.75, 3.05) is 33.3 Å². The summed E-state index contributed by atoms with van der Waals surface area (Å²) in [6.07, 6.45) is 5.48. The number of aromatic nitrogens is 3. The zero-order valence-corrected chi connectivity index (χ0v) is 16.8. The van der Waals surface area contributed by atoms with Gasteiger partial charge in [0.2, 0.25) is 0 Å². The molecule has 0 aliphatic carbocycles. The fourth-order valence-corrected chi connectivity index (χ4v) is 3.57. The van der Waals surface area contributed by atoms with Gasteiger partial charge < -0.3 is 9.64 Å². The van der Waals surface area contributed by atoms with Crippen molar-refractivity contribution in [3.05, 3.63) is 71.8 Å². The van der Waals surface area contributed by atoms with Crippen molar-refractivity contribution in [2.45, 2.75) is 13.5 Å². The third-order valence-electron chi connectivity index (χ3n) is 5.18. The Morgan fingerprint density at radius 3 is 2.69 bits per heavy atom. The summed E-state index contributed by atoms with van der Waals surface area (Å²) >= 11 is 0. The molecule has 1 aliphatic rings. The average molecular weight is 391 g/mol. The van der Waals surface area contributed by atoms with Crippen molar-refractivity contribution in [2.24, 2.45) is 0 Å². The lowest BCUT2D eigenvalue weighted by Crippen LogP contribution is -2.48. The second-order valence-electron chi connectivity index (χ2n) is 7.25. The van der Waals surface area contributed by atoms with E-state index < -0.39 is 0 Å². The molecule has 1 amide bonds. The van der Waals surface area contributed by atoms with Crippen LogP contribution in [0, 0.1) is 6.92 Å². The van der Waals surface area contributed by atoms with Crippen LogP contribution >= 0.6 is 0 Å². The van der Waals surface area contributed by atoms with Gasteiger partial charge >= 0.3 is 0 Å². The molecule has 7 nitrogen and oxygen atoms in total. The number of carbonyl (C=O) groups excluding carboxylic acids is 1. The van der Waals surface area contributed by atoms with Gasteiger partial charge in [0.25, 0.3) is 5.91 Å². The number of nitrogens with zero attached hydrogens (tertiary/aromatic N) is 5. The number of amides is 1. The SMILES string of the molecule is COc1ccc(C)cc1-n1ccc(C(=O)N2CCN(Cc3cccnc3)CC2)n1. The molecule has 3 heterocycles. The summed E-state index contributed by atoms with van der Waals surface area (Å²) in [5, 5.41) is 4.52. The maximum atomic E-state index is 12.9. The summed E-state index contributed by atoms with van der Waals surface area (Å²) < 4.78 is 7.14. The molecule has 0 saturated carbocycles. The van der Waals surface area contributed by atoms with Crippen LogP contribution in [0.2, 0.25) is 0 Å². The highest BCUT2D eigenvalue weighted by Crippen LogP contribution is 2.23. The fourth-order valence-electron chi connectivity index (χ4n) is 3.57. The number of ether oxygens (including phenoxy) is 1. The van der Waals surface area contributed by atoms with Crippen LogP contribution in [0.25, 0.3) is 5.69 Å². The Morgan fingerprint density at radius 1 is 1.14 bits per heavy atom. The van der Waals surface area contributed by atoms with E-state index in [-0.39, 0.29) is 5.91 Å². The summed E-state index contributed by atoms with van der Waals surface area (Å²) in [4.78, 5) is 21.3. The molecule has 0 unspecified atom stereocenters. The third kappa shape index (κ3) is 4.30. The molecule has 0 radical (unpaired) electrons. The van der Waals surface area contributed by atoms with E-state index in [4.69, 9.17) is 4.74 Å². The molecule has 29 heavy (non-hydrogen) atoms. The number of hydrogen-bond donors (Lipinski definition) is 0. The average Bonchev–Trinajstić information content (AvgIpc) is 3.25. The van der Waals surface area contributed by atoms with E-state index in [2.05, 4.69) is 21.0 Å². The van der Waals surface area contributed by atoms with Gasteiger partial charge in [0.05, 0.1) is 7.11 Å². The predicted octanol–water partition coefficient (Wildman–Crippen LogP) is 2.54. The standard InChI is InChI=1S/C22H25N5O2/c1-17-5-6-21(29-2)20(14-17)27-9-7-19(24-27)22(28)26-12-10-25(11-13-26)16-18-4-3-8-23-15-18/h3-9,14-15H,10-13,16H2,1-2H3. The van der Waals surface area contributed by atoms with E-state index in [1.165, 1.54) is 5.56 Å². The minimum Gasteiger partial charge on any atom is -0.494 e. The number of aryl methyl sites for hydroxylation is 1. The maximum Gasteiger partial charge on any atom is 0.274 e. The zero-order chi connectivity index (χ0) is 20.2. The Bertz CT molecular complexity index is 978. The first-order chi connectivity index (χ1) is 14.1. The van der Waals surface area contributed by atoms with E-state index in [1.807, 2.05) is 48.5 Å². The van der Waals surface area contributed by atoms with Crippen LogP contribution in [-0.2, 0) is 6.54 Å². The van der Waals surface area contributed by atoms with Crippen molar-refractivity contribution in [3.8, 4) is 11.4 Å². The molecular formula is C22H25N5O2. The molecule has 1 aromatic carbocycles. The van der Waals surface area contributed by atoms with Gasteiger partial charge in [-0.1, -0.05) is 12.1 Å². The fraction of sp³-hybridized carbons (Fsp3) is 0.318. The summed E-state index contributed by atoms with van der Waals surface area (Å²) in [6, 6.07) is 11.7. The number of carbonyl (C=O) groups is 1. The number of rotatable bonds is 5. The largest absolute Gasteiger partial charge is 0.494 e. The number of pyridine rings is 1. The Balaban J connectivity index is 1.41. The molecule has 1 fully saturated rings. The van der Waals surface area contributed by atoms with Gasteiger partial charge in [-0.2, -0.15) is 5.10 Å². The van der Waals surface area contributed by atoms with Gasteiger partial charge in [-0.15, -0.1) is 0 Å². The van der Waals surface area contributed by atoms with Crippen molar-refractivity contribution >= 4 is 5.91 Å². The van der Waals surface area contributed by atoms with Crippen LogP contribution < -0.4 is 4.74 Å². The maximum absolute atomic E-state index is 12.9. The van der Waals surface area contributed by atoms with Crippen molar-refractivity contribution < 1.29 is 9.53 Å². The highest BCUT2D eigenvalue weighted by molar-refractivity contribution is 5.92. The molecule has 0 bridgehead atoms. The van der Waals surface area contributed by atoms with Gasteiger partial charge in [0, 0.05) is 51.3 Å². The monoisotopic (exact) mass is 391 g/mol. The molecule has 4 rings (SSSR count). The van der Waals surface area contributed by atoms with E-state index in [0.29, 0.717) is 18.8 Å². The Morgan fingerprint density at radius 2 is 1.97 bits per heavy atom. The molecule has 150 valence electrons. The van der Waals surface area contributed by atoms with Crippen molar-refractivity contribution in [1.29, 1.82) is 0 Å². The molecule has 7 heteroatoms. The lowest BCUT2D eigenvalue weighted by atomic mass is 10.2. The minimum absolute atomic E-state index is 0.0311. The van der Waals surface area contributed by atoms with Gasteiger partial charge in [-0.25, -0.2) is 4.68 Å². The number of methoxy groups -OCH3 is 1. The number of hydrogen-bond acceptors (Lipinski definition) is 5. The zero-order valence-electron chi connectivity index (χ0n) is 16.8. The Kier molecular flexibility index (Phi) is 5.57. The molecule has 1 saturated heterocycles. The highest BCUT2D eigenvalue weighted by Gasteiger charge is 2.24. The normalized spacial score (nSPS) is 14.8. The van der Waals surface area contributed by atoms with E-state index in [0.717, 1.165) is 36.6 Å². The van der Waals surface area contributed by atoms with Gasteiger partial charge in [0.1, 0.15) is 11.4 Å². The Hall–Kier alpha value is -3.19. The molecule has 0 atom stereocenters. The topological polar surface area (TPSA) is 63.5 Å². The van der Waals surface area contributed by atoms with E-state index >= 15 is 0 Å². The second-order valence-corrected chi connectivity index (χ2v) is 7.25. The molecule has 0 spiro atoms. The van der Waals surface area contributed by atoms with Gasteiger partial charge in [-0.3, -0.25) is 14.7 Å². The first-order valence-electron chi connectivity index (χ1n) is 9.75. The van der Waals surface area contributed by atoms with Crippen LogP contribution in [-0.4, -0.2) is 63.8 Å². The van der Waals surface area contributed by atoms with Crippen molar-refractivity contribution in [1.82, 2.24) is 24.6 Å². The van der Waals surface area contributed by atoms with Gasteiger partial charge in [-0.05, 0) is 42.3 Å². The van der Waals surface area contributed by atoms with E-state index in [9.17, 15) is 4.79 Å². The first-order valence-corrected chi connectivity index (χ1v) is 9.75. The quantitative estimate of drug-likeness (QED) is 0.669. The number of benzene rings is 1. The molecule has 0 N–H and O–H groups in total. The minimum atomic E-state index is -0.0311. The van der Waals surface area contributed by atoms with Crippen LogP contribution in [0.5, 0.6) is 5.75 Å². The van der Waals surface area contributed by atoms with Crippen molar-refractivity contribution in [3.63, 3.8) is 0 Å². The smallest absolute Gasteiger partial charge is 0.274 e. The van der Waals surface area contributed by atoms with Gasteiger partial charge in [0.15, 0.2) is 5.69 Å². The lowest BCUT2D eigenvalue weighted by molar-refractivity contribution is 0.0622. The van der Waals surface area contributed by atoms with Crippen LogP contribution in [0.4, 0.5) is 0 Å². The predicted molar refractivity (Wildman–Crippen MR) is 110 cm³/mol. The molecular weight excluding hydrogens is 366 g/mol. The second kappa shape index (κ2) is 8.45. The highest BCUT2D eigenvalue weighted by atomic mass is 16.5. The Labute approximate surface area is 170 Å². The van der Waals surface area contributed by atoms with E-state index in [1.54, 1.807) is 24.1 Å². The molecule has 2 aromatic heterocycles. The molecule has 3 aromatic rings. The third-order valence-corrected chi connectivity index (χ3v) is 5.18. The van der Waals surface area contributed by atoms with Crippen LogP contribution in [0.15, 0.2) is 55.0 Å². The number of piperazine rings is 1. The lowest BCUT2D eigenvalue weighted by Gasteiger charge is -2.34. The summed E-state index contributed by atoms with van der Waals surface area (Å²) in [6.45, 7) is 5.95. The summed E-state index contributed by atoms with van der Waals surface area (Å²) in [5.41, 5.74) is 3.58. The van der Waals surface area contributed by atoms with Crippen LogP contribution in [0.1, 0.15) is 21.6 Å².